The van der Waals surface area contributed by atoms with E-state index in [9.17, 15) is 12.8 Å². The number of benzene rings is 1. The molecule has 0 unspecified atom stereocenters. The van der Waals surface area contributed by atoms with Crippen molar-refractivity contribution in [1.29, 1.82) is 0 Å². The quantitative estimate of drug-likeness (QED) is 0.694. The van der Waals surface area contributed by atoms with E-state index in [1.807, 2.05) is 6.92 Å². The van der Waals surface area contributed by atoms with Crippen LogP contribution in [0.25, 0.3) is 0 Å². The summed E-state index contributed by atoms with van der Waals surface area (Å²) in [5, 5.41) is -0.117. The van der Waals surface area contributed by atoms with Crippen LogP contribution in [0, 0.1) is 11.7 Å². The molecule has 21 heavy (non-hydrogen) atoms. The maximum atomic E-state index is 13.8. The Morgan fingerprint density at radius 3 is 2.57 bits per heavy atom. The number of rotatable bonds is 7. The molecule has 1 aromatic carbocycles. The lowest BCUT2D eigenvalue weighted by atomic mass is 10.2. The van der Waals surface area contributed by atoms with Crippen molar-refractivity contribution in [3.63, 3.8) is 0 Å². The Kier molecular flexibility index (Phi) is 5.52. The Hall–Kier alpha value is -0.360. The number of hydrogen-bond donors (Lipinski definition) is 0. The Labute approximate surface area is 135 Å². The third kappa shape index (κ3) is 3.89. The molecule has 3 nitrogen and oxygen atoms in total. The predicted molar refractivity (Wildman–Crippen MR) is 82.7 cm³/mol. The minimum atomic E-state index is -3.71. The second-order valence-electron chi connectivity index (χ2n) is 5.32. The highest BCUT2D eigenvalue weighted by molar-refractivity contribution is 7.89. The van der Waals surface area contributed by atoms with E-state index in [1.165, 1.54) is 10.4 Å². The molecule has 0 spiro atoms. The molecule has 1 aliphatic rings. The normalized spacial score (nSPS) is 15.7. The molecule has 2 rings (SSSR count). The summed E-state index contributed by atoms with van der Waals surface area (Å²) in [7, 11) is -3.71. The van der Waals surface area contributed by atoms with Crippen LogP contribution in [0.15, 0.2) is 17.0 Å². The largest absolute Gasteiger partial charge is 0.243 e. The molecule has 0 atom stereocenters. The van der Waals surface area contributed by atoms with E-state index in [-0.39, 0.29) is 15.8 Å². The molecule has 7 heteroatoms. The fraction of sp³-hybridized carbons (Fsp3) is 0.571. The fourth-order valence-corrected chi connectivity index (χ4v) is 4.29. The molecule has 0 N–H and O–H groups in total. The van der Waals surface area contributed by atoms with Gasteiger partial charge in [-0.2, -0.15) is 4.31 Å². The average Bonchev–Trinajstić information content (AvgIpc) is 3.25. The molecule has 0 radical (unpaired) electrons. The zero-order valence-electron chi connectivity index (χ0n) is 11.8. The Morgan fingerprint density at radius 2 is 2.05 bits per heavy atom. The van der Waals surface area contributed by atoms with Crippen LogP contribution < -0.4 is 0 Å². The van der Waals surface area contributed by atoms with Crippen molar-refractivity contribution in [3.05, 3.63) is 28.5 Å². The van der Waals surface area contributed by atoms with Crippen LogP contribution >= 0.6 is 23.2 Å². The topological polar surface area (TPSA) is 37.4 Å². The van der Waals surface area contributed by atoms with Gasteiger partial charge in [0.2, 0.25) is 10.0 Å². The molecule has 0 aliphatic heterocycles. The second-order valence-corrected chi connectivity index (χ2v) is 7.90. The maximum Gasteiger partial charge on any atom is 0.243 e. The van der Waals surface area contributed by atoms with E-state index >= 15 is 0 Å². The molecule has 0 aromatic heterocycles. The van der Waals surface area contributed by atoms with Gasteiger partial charge in [-0.1, -0.05) is 18.5 Å². The van der Waals surface area contributed by atoms with E-state index < -0.39 is 15.8 Å². The van der Waals surface area contributed by atoms with E-state index in [0.717, 1.165) is 18.9 Å². The zero-order chi connectivity index (χ0) is 15.6. The molecule has 118 valence electrons. The summed E-state index contributed by atoms with van der Waals surface area (Å²) in [5.74, 6) is -0.359. The molecule has 0 bridgehead atoms. The third-order valence-electron chi connectivity index (χ3n) is 3.49. The van der Waals surface area contributed by atoms with Gasteiger partial charge in [0.15, 0.2) is 0 Å². The molecule has 0 heterocycles. The van der Waals surface area contributed by atoms with Gasteiger partial charge in [0, 0.05) is 19.0 Å². The van der Waals surface area contributed by atoms with E-state index in [1.54, 1.807) is 0 Å². The van der Waals surface area contributed by atoms with Crippen molar-refractivity contribution in [2.75, 3.05) is 13.1 Å². The van der Waals surface area contributed by atoms with Gasteiger partial charge in [-0.3, -0.25) is 0 Å². The van der Waals surface area contributed by atoms with Crippen LogP contribution in [-0.4, -0.2) is 25.8 Å². The molecule has 1 saturated carbocycles. The van der Waals surface area contributed by atoms with Gasteiger partial charge in [-0.05, 0) is 42.9 Å². The highest BCUT2D eigenvalue weighted by Gasteiger charge is 2.32. The summed E-state index contributed by atoms with van der Waals surface area (Å²) in [6, 6.07) is 2.34. The lowest BCUT2D eigenvalue weighted by molar-refractivity contribution is 0.395. The van der Waals surface area contributed by atoms with Gasteiger partial charge in [0.25, 0.3) is 0 Å². The molecular weight excluding hydrogens is 336 g/mol. The highest BCUT2D eigenvalue weighted by atomic mass is 35.5. The van der Waals surface area contributed by atoms with Gasteiger partial charge in [-0.25, -0.2) is 12.8 Å². The minimum Gasteiger partial charge on any atom is -0.207 e. The van der Waals surface area contributed by atoms with Gasteiger partial charge in [-0.15, -0.1) is 11.6 Å². The van der Waals surface area contributed by atoms with Crippen LogP contribution in [0.1, 0.15) is 31.7 Å². The molecule has 0 amide bonds. The van der Waals surface area contributed by atoms with Crippen molar-refractivity contribution < 1.29 is 12.8 Å². The first-order chi connectivity index (χ1) is 9.90. The number of sulfonamides is 1. The Balaban J connectivity index is 2.38. The lowest BCUT2D eigenvalue weighted by Crippen LogP contribution is -2.33. The summed E-state index contributed by atoms with van der Waals surface area (Å²) < 4.78 is 40.6. The smallest absolute Gasteiger partial charge is 0.207 e. The van der Waals surface area contributed by atoms with Crippen molar-refractivity contribution in [3.8, 4) is 0 Å². The fourth-order valence-electron chi connectivity index (χ4n) is 2.16. The van der Waals surface area contributed by atoms with Crippen molar-refractivity contribution >= 4 is 33.2 Å². The van der Waals surface area contributed by atoms with Gasteiger partial charge < -0.3 is 0 Å². The van der Waals surface area contributed by atoms with Gasteiger partial charge in [0.1, 0.15) is 5.82 Å². The van der Waals surface area contributed by atoms with Crippen LogP contribution in [0.5, 0.6) is 0 Å². The molecule has 1 fully saturated rings. The van der Waals surface area contributed by atoms with E-state index in [2.05, 4.69) is 0 Å². The SMILES string of the molecule is CCCN(CC1CC1)S(=O)(=O)c1cc(F)c(Cl)c(CCl)c1. The third-order valence-corrected chi connectivity index (χ3v) is 6.04. The van der Waals surface area contributed by atoms with Gasteiger partial charge >= 0.3 is 0 Å². The molecule has 1 aliphatic carbocycles. The standard InChI is InChI=1S/C14H18Cl2FNO2S/c1-2-5-18(9-10-3-4-10)21(19,20)12-6-11(8-15)14(16)13(17)7-12/h6-7,10H,2-5,8-9H2,1H3. The van der Waals surface area contributed by atoms with Crippen LogP contribution in [0.2, 0.25) is 5.02 Å². The van der Waals surface area contributed by atoms with E-state index in [0.29, 0.717) is 31.0 Å². The molecular formula is C14H18Cl2FNO2S. The molecule has 0 saturated heterocycles. The summed E-state index contributed by atoms with van der Waals surface area (Å²) in [5.41, 5.74) is 0.291. The predicted octanol–water partition coefficient (Wildman–Crippen LogP) is 4.03. The highest BCUT2D eigenvalue weighted by Crippen LogP contribution is 2.33. The van der Waals surface area contributed by atoms with Crippen LogP contribution in [-0.2, 0) is 15.9 Å². The summed E-state index contributed by atoms with van der Waals surface area (Å²) in [6.07, 6.45) is 2.82. The number of hydrogen-bond acceptors (Lipinski definition) is 2. The number of halogens is 3. The minimum absolute atomic E-state index is 0.0322. The lowest BCUT2D eigenvalue weighted by Gasteiger charge is -2.22. The summed E-state index contributed by atoms with van der Waals surface area (Å²) >= 11 is 11.5. The number of nitrogens with zero attached hydrogens (tertiary/aromatic N) is 1. The Bertz CT molecular complexity index is 618. The average molecular weight is 354 g/mol. The monoisotopic (exact) mass is 353 g/mol. The maximum absolute atomic E-state index is 13.8. The van der Waals surface area contributed by atoms with E-state index in [4.69, 9.17) is 23.2 Å². The van der Waals surface area contributed by atoms with Crippen molar-refractivity contribution in [2.45, 2.75) is 37.0 Å². The first-order valence-corrected chi connectivity index (χ1v) is 9.29. The van der Waals surface area contributed by atoms with Gasteiger partial charge in [0.05, 0.1) is 9.92 Å². The molecule has 1 aromatic rings. The van der Waals surface area contributed by atoms with Crippen LogP contribution in [0.4, 0.5) is 4.39 Å². The first-order valence-electron chi connectivity index (χ1n) is 6.94. The Morgan fingerprint density at radius 1 is 1.38 bits per heavy atom. The number of alkyl halides is 1. The zero-order valence-corrected chi connectivity index (χ0v) is 14.1. The summed E-state index contributed by atoms with van der Waals surface area (Å²) in [6.45, 7) is 2.85. The first kappa shape index (κ1) is 17.0. The summed E-state index contributed by atoms with van der Waals surface area (Å²) in [4.78, 5) is -0.0749. The van der Waals surface area contributed by atoms with Crippen LogP contribution in [0.3, 0.4) is 0 Å². The van der Waals surface area contributed by atoms with Crippen molar-refractivity contribution in [1.82, 2.24) is 4.31 Å². The van der Waals surface area contributed by atoms with Crippen molar-refractivity contribution in [2.24, 2.45) is 5.92 Å². The second kappa shape index (κ2) is 6.82.